The average molecular weight is 278 g/mol. The Balaban J connectivity index is 1.60. The molecule has 0 bridgehead atoms. The van der Waals surface area contributed by atoms with Gasteiger partial charge in [-0.05, 0) is 18.8 Å². The van der Waals surface area contributed by atoms with Gasteiger partial charge in [0.25, 0.3) is 0 Å². The maximum atomic E-state index is 5.93. The minimum absolute atomic E-state index is 0.214. The molecule has 1 aromatic rings. The molecule has 0 amide bonds. The van der Waals surface area contributed by atoms with E-state index in [1.165, 1.54) is 12.8 Å². The lowest BCUT2D eigenvalue weighted by atomic mass is 9.55. The first-order valence-corrected chi connectivity index (χ1v) is 7.80. The van der Waals surface area contributed by atoms with Crippen LogP contribution in [0.15, 0.2) is 10.6 Å². The second kappa shape index (κ2) is 5.15. The molecule has 2 fully saturated rings. The second-order valence-electron chi connectivity index (χ2n) is 7.15. The minimum atomic E-state index is 0.214. The van der Waals surface area contributed by atoms with Gasteiger partial charge in [-0.15, -0.1) is 0 Å². The topological polar surface area (TPSA) is 47.3 Å². The Morgan fingerprint density at radius 1 is 1.45 bits per heavy atom. The fraction of sp³-hybridized carbons (Fsp3) is 0.812. The maximum absolute atomic E-state index is 5.93. The molecule has 1 aliphatic heterocycles. The monoisotopic (exact) mass is 278 g/mol. The van der Waals surface area contributed by atoms with Gasteiger partial charge in [-0.1, -0.05) is 32.9 Å². The number of nitrogens with zero attached hydrogens (tertiary/aromatic N) is 1. The van der Waals surface area contributed by atoms with Crippen LogP contribution in [0.4, 0.5) is 0 Å². The molecule has 1 aromatic heterocycles. The lowest BCUT2D eigenvalue weighted by Gasteiger charge is -2.60. The van der Waals surface area contributed by atoms with Gasteiger partial charge < -0.3 is 14.6 Å². The molecule has 0 radical (unpaired) electrons. The van der Waals surface area contributed by atoms with Gasteiger partial charge in [-0.2, -0.15) is 0 Å². The summed E-state index contributed by atoms with van der Waals surface area (Å²) in [6.07, 6.45) is 2.89. The molecule has 1 saturated carbocycles. The van der Waals surface area contributed by atoms with Crippen LogP contribution < -0.4 is 5.32 Å². The van der Waals surface area contributed by atoms with Gasteiger partial charge in [0.1, 0.15) is 0 Å². The van der Waals surface area contributed by atoms with Crippen molar-refractivity contribution in [3.63, 3.8) is 0 Å². The van der Waals surface area contributed by atoms with Crippen molar-refractivity contribution in [1.82, 2.24) is 10.5 Å². The van der Waals surface area contributed by atoms with E-state index >= 15 is 0 Å². The van der Waals surface area contributed by atoms with E-state index in [0.717, 1.165) is 24.6 Å². The highest BCUT2D eigenvalue weighted by Crippen LogP contribution is 2.51. The van der Waals surface area contributed by atoms with Crippen LogP contribution in [0.3, 0.4) is 0 Å². The summed E-state index contributed by atoms with van der Waals surface area (Å²) in [5, 5.41) is 7.78. The first kappa shape index (κ1) is 14.1. The SMILES string of the molecule is CC(C)c1cc(CN[C@@H]2[C@H]3CCCO[C@@H]3C2(C)C)on1. The summed E-state index contributed by atoms with van der Waals surface area (Å²) in [5.41, 5.74) is 1.25. The number of ether oxygens (including phenoxy) is 1. The summed E-state index contributed by atoms with van der Waals surface area (Å²) in [6.45, 7) is 10.6. The number of nitrogens with one attached hydrogen (secondary N) is 1. The molecule has 2 aliphatic rings. The molecule has 0 unspecified atom stereocenters. The van der Waals surface area contributed by atoms with E-state index in [9.17, 15) is 0 Å². The van der Waals surface area contributed by atoms with E-state index in [2.05, 4.69) is 44.2 Å². The fourth-order valence-corrected chi connectivity index (χ4v) is 3.83. The summed E-state index contributed by atoms with van der Waals surface area (Å²) < 4.78 is 11.3. The first-order chi connectivity index (χ1) is 9.50. The molecule has 4 heteroatoms. The van der Waals surface area contributed by atoms with Crippen molar-refractivity contribution in [2.75, 3.05) is 6.61 Å². The van der Waals surface area contributed by atoms with Crippen molar-refractivity contribution >= 4 is 0 Å². The third kappa shape index (κ3) is 2.29. The second-order valence-corrected chi connectivity index (χ2v) is 7.15. The van der Waals surface area contributed by atoms with Crippen molar-refractivity contribution in [3.8, 4) is 0 Å². The normalized spacial score (nSPS) is 31.9. The maximum Gasteiger partial charge on any atom is 0.150 e. The van der Waals surface area contributed by atoms with Gasteiger partial charge in [0.15, 0.2) is 5.76 Å². The van der Waals surface area contributed by atoms with Crippen LogP contribution in [0.1, 0.15) is 57.9 Å². The number of hydrogen-bond donors (Lipinski definition) is 1. The van der Waals surface area contributed by atoms with Crippen LogP contribution in [0.25, 0.3) is 0 Å². The summed E-state index contributed by atoms with van der Waals surface area (Å²) in [5.74, 6) is 2.01. The molecule has 3 atom stereocenters. The fourth-order valence-electron chi connectivity index (χ4n) is 3.83. The highest BCUT2D eigenvalue weighted by molar-refractivity contribution is 5.12. The Labute approximate surface area is 121 Å². The van der Waals surface area contributed by atoms with Gasteiger partial charge >= 0.3 is 0 Å². The minimum Gasteiger partial charge on any atom is -0.377 e. The van der Waals surface area contributed by atoms with Crippen molar-refractivity contribution in [2.24, 2.45) is 11.3 Å². The van der Waals surface area contributed by atoms with Gasteiger partial charge in [-0.25, -0.2) is 0 Å². The standard InChI is InChI=1S/C16H26N2O2/c1-10(2)13-8-11(20-18-13)9-17-14-12-6-5-7-19-15(12)16(14,3)4/h8,10,12,14-15,17H,5-7,9H2,1-4H3/t12-,14-,15+/m1/s1. The highest BCUT2D eigenvalue weighted by atomic mass is 16.5. The summed E-state index contributed by atoms with van der Waals surface area (Å²) in [4.78, 5) is 0. The van der Waals surface area contributed by atoms with Crippen LogP contribution in [-0.4, -0.2) is 23.9 Å². The molecular weight excluding hydrogens is 252 g/mol. The van der Waals surface area contributed by atoms with E-state index in [-0.39, 0.29) is 5.41 Å². The Hall–Kier alpha value is -0.870. The molecular formula is C16H26N2O2. The number of aromatic nitrogens is 1. The summed E-state index contributed by atoms with van der Waals surface area (Å²) >= 11 is 0. The lowest BCUT2D eigenvalue weighted by Crippen LogP contribution is -2.69. The van der Waals surface area contributed by atoms with Crippen molar-refractivity contribution in [3.05, 3.63) is 17.5 Å². The number of hydrogen-bond acceptors (Lipinski definition) is 4. The van der Waals surface area contributed by atoms with Gasteiger partial charge in [0.05, 0.1) is 18.3 Å². The van der Waals surface area contributed by atoms with Gasteiger partial charge in [0.2, 0.25) is 0 Å². The first-order valence-electron chi connectivity index (χ1n) is 7.80. The predicted octanol–water partition coefficient (Wildman–Crippen LogP) is 3.09. The van der Waals surface area contributed by atoms with Crippen LogP contribution in [0.5, 0.6) is 0 Å². The van der Waals surface area contributed by atoms with E-state index < -0.39 is 0 Å². The molecule has 112 valence electrons. The van der Waals surface area contributed by atoms with E-state index in [0.29, 0.717) is 24.0 Å². The molecule has 1 saturated heterocycles. The summed E-state index contributed by atoms with van der Waals surface area (Å²) in [7, 11) is 0. The van der Waals surface area contributed by atoms with Crippen molar-refractivity contribution in [1.29, 1.82) is 0 Å². The molecule has 3 rings (SSSR count). The van der Waals surface area contributed by atoms with Crippen LogP contribution >= 0.6 is 0 Å². The smallest absolute Gasteiger partial charge is 0.150 e. The molecule has 1 aliphatic carbocycles. The number of fused-ring (bicyclic) bond motifs is 1. The van der Waals surface area contributed by atoms with E-state index in [1.54, 1.807) is 0 Å². The Morgan fingerprint density at radius 3 is 2.95 bits per heavy atom. The third-order valence-electron chi connectivity index (χ3n) is 5.00. The molecule has 20 heavy (non-hydrogen) atoms. The number of rotatable bonds is 4. The lowest BCUT2D eigenvalue weighted by molar-refractivity contribution is -0.193. The zero-order valence-corrected chi connectivity index (χ0v) is 13.0. The molecule has 2 heterocycles. The molecule has 4 nitrogen and oxygen atoms in total. The highest BCUT2D eigenvalue weighted by Gasteiger charge is 2.57. The quantitative estimate of drug-likeness (QED) is 0.919. The van der Waals surface area contributed by atoms with E-state index in [4.69, 9.17) is 9.26 Å². The third-order valence-corrected chi connectivity index (χ3v) is 5.00. The molecule has 1 N–H and O–H groups in total. The summed E-state index contributed by atoms with van der Waals surface area (Å²) in [6, 6.07) is 2.58. The van der Waals surface area contributed by atoms with Gasteiger partial charge in [0, 0.05) is 30.0 Å². The van der Waals surface area contributed by atoms with Gasteiger partial charge in [-0.3, -0.25) is 0 Å². The largest absolute Gasteiger partial charge is 0.377 e. The zero-order chi connectivity index (χ0) is 14.3. The Kier molecular flexibility index (Phi) is 3.63. The Bertz CT molecular complexity index is 467. The van der Waals surface area contributed by atoms with Crippen molar-refractivity contribution in [2.45, 2.75) is 65.1 Å². The predicted molar refractivity (Wildman–Crippen MR) is 77.5 cm³/mol. The van der Waals surface area contributed by atoms with Crippen LogP contribution in [-0.2, 0) is 11.3 Å². The van der Waals surface area contributed by atoms with Crippen LogP contribution in [0.2, 0.25) is 0 Å². The van der Waals surface area contributed by atoms with E-state index in [1.807, 2.05) is 0 Å². The molecule has 0 aromatic carbocycles. The van der Waals surface area contributed by atoms with Crippen LogP contribution in [0, 0.1) is 11.3 Å². The Morgan fingerprint density at radius 2 is 2.25 bits per heavy atom. The zero-order valence-electron chi connectivity index (χ0n) is 13.0. The average Bonchev–Trinajstić information content (AvgIpc) is 2.88. The molecule has 0 spiro atoms. The van der Waals surface area contributed by atoms with Crippen molar-refractivity contribution < 1.29 is 9.26 Å².